The second-order valence-electron chi connectivity index (χ2n) is 5.04. The van der Waals surface area contributed by atoms with Crippen LogP contribution in [0.4, 0.5) is 0 Å². The fourth-order valence-electron chi connectivity index (χ4n) is 1.85. The molecule has 1 heterocycles. The molecule has 0 aliphatic heterocycles. The molecule has 2 amide bonds. The molecule has 0 spiro atoms. The van der Waals surface area contributed by atoms with Gasteiger partial charge in [-0.1, -0.05) is 29.4 Å². The minimum atomic E-state index is -0.137. The molecule has 9 heteroatoms. The number of amides is 2. The highest BCUT2D eigenvalue weighted by molar-refractivity contribution is 7.99. The zero-order valence-electron chi connectivity index (χ0n) is 13.4. The van der Waals surface area contributed by atoms with E-state index in [2.05, 4.69) is 20.8 Å². The molecular formula is C15H18ClN5O2S. The zero-order valence-corrected chi connectivity index (χ0v) is 14.9. The number of hydrogen-bond donors (Lipinski definition) is 2. The van der Waals surface area contributed by atoms with Crippen LogP contribution in [-0.4, -0.2) is 45.4 Å². The van der Waals surface area contributed by atoms with Gasteiger partial charge in [-0.15, -0.1) is 10.2 Å². The molecule has 0 radical (unpaired) electrons. The van der Waals surface area contributed by atoms with Crippen molar-refractivity contribution in [3.63, 3.8) is 0 Å². The predicted molar refractivity (Wildman–Crippen MR) is 93.5 cm³/mol. The summed E-state index contributed by atoms with van der Waals surface area (Å²) in [5.74, 6) is -0.0523. The highest BCUT2D eigenvalue weighted by atomic mass is 35.5. The van der Waals surface area contributed by atoms with Gasteiger partial charge in [0.2, 0.25) is 11.8 Å². The number of aromatic nitrogens is 3. The van der Waals surface area contributed by atoms with Crippen LogP contribution < -0.4 is 10.6 Å². The van der Waals surface area contributed by atoms with Crippen molar-refractivity contribution in [2.75, 3.05) is 18.8 Å². The van der Waals surface area contributed by atoms with E-state index in [0.29, 0.717) is 23.3 Å². The summed E-state index contributed by atoms with van der Waals surface area (Å²) in [5, 5.41) is 14.5. The number of halogens is 1. The number of rotatable bonds is 7. The van der Waals surface area contributed by atoms with Crippen molar-refractivity contribution < 1.29 is 9.59 Å². The maximum atomic E-state index is 11.8. The summed E-state index contributed by atoms with van der Waals surface area (Å²) in [6.07, 6.45) is 1.58. The third-order valence-electron chi connectivity index (χ3n) is 3.10. The molecule has 128 valence electrons. The molecule has 0 unspecified atom stereocenters. The van der Waals surface area contributed by atoms with Crippen molar-refractivity contribution in [2.24, 2.45) is 0 Å². The van der Waals surface area contributed by atoms with Crippen molar-refractivity contribution in [3.05, 3.63) is 35.1 Å². The highest BCUT2D eigenvalue weighted by Gasteiger charge is 2.10. The number of benzene rings is 1. The van der Waals surface area contributed by atoms with Crippen LogP contribution in [0, 0.1) is 6.92 Å². The fourth-order valence-corrected chi connectivity index (χ4v) is 2.79. The van der Waals surface area contributed by atoms with Gasteiger partial charge in [-0.2, -0.15) is 0 Å². The van der Waals surface area contributed by atoms with Crippen LogP contribution in [0.15, 0.2) is 29.7 Å². The van der Waals surface area contributed by atoms with Crippen LogP contribution in [0.1, 0.15) is 12.5 Å². The Hall–Kier alpha value is -2.06. The van der Waals surface area contributed by atoms with E-state index >= 15 is 0 Å². The third-order valence-corrected chi connectivity index (χ3v) is 4.45. The fraction of sp³-hybridized carbons (Fsp3) is 0.333. The predicted octanol–water partition coefficient (Wildman–Crippen LogP) is 1.57. The summed E-state index contributed by atoms with van der Waals surface area (Å²) in [6.45, 7) is 4.16. The normalized spacial score (nSPS) is 10.5. The van der Waals surface area contributed by atoms with Crippen LogP contribution in [0.3, 0.4) is 0 Å². The Kier molecular flexibility index (Phi) is 6.62. The lowest BCUT2D eigenvalue weighted by atomic mass is 10.2. The topological polar surface area (TPSA) is 88.9 Å². The molecule has 1 aromatic carbocycles. The molecule has 0 aliphatic rings. The standard InChI is InChI=1S/C15H18ClN5O2S/c1-10-3-4-12(7-13(10)16)21-9-19-20-15(21)24-8-14(23)18-6-5-17-11(2)22/h3-4,7,9H,5-6,8H2,1-2H3,(H,17,22)(H,18,23). The number of nitrogens with zero attached hydrogens (tertiary/aromatic N) is 3. The molecule has 0 fully saturated rings. The Morgan fingerprint density at radius 2 is 2.04 bits per heavy atom. The number of aryl methyl sites for hydroxylation is 1. The van der Waals surface area contributed by atoms with Crippen molar-refractivity contribution in [2.45, 2.75) is 19.0 Å². The minimum Gasteiger partial charge on any atom is -0.355 e. The molecule has 0 bridgehead atoms. The molecule has 0 atom stereocenters. The third kappa shape index (κ3) is 5.24. The Labute approximate surface area is 149 Å². The molecule has 2 rings (SSSR count). The lowest BCUT2D eigenvalue weighted by molar-refractivity contribution is -0.120. The number of hydrogen-bond acceptors (Lipinski definition) is 5. The van der Waals surface area contributed by atoms with Crippen LogP contribution in [0.5, 0.6) is 0 Å². The smallest absolute Gasteiger partial charge is 0.230 e. The second kappa shape index (κ2) is 8.70. The zero-order chi connectivity index (χ0) is 17.5. The maximum absolute atomic E-state index is 11.8. The molecule has 7 nitrogen and oxygen atoms in total. The lowest BCUT2D eigenvalue weighted by Crippen LogP contribution is -2.34. The Morgan fingerprint density at radius 3 is 2.75 bits per heavy atom. The molecule has 2 aromatic rings. The summed E-state index contributed by atoms with van der Waals surface area (Å²) in [4.78, 5) is 22.5. The quantitative estimate of drug-likeness (QED) is 0.573. The van der Waals surface area contributed by atoms with Crippen molar-refractivity contribution in [1.82, 2.24) is 25.4 Å². The van der Waals surface area contributed by atoms with E-state index < -0.39 is 0 Å². The van der Waals surface area contributed by atoms with E-state index in [-0.39, 0.29) is 17.6 Å². The first-order valence-corrected chi connectivity index (χ1v) is 8.64. The van der Waals surface area contributed by atoms with Gasteiger partial charge in [0, 0.05) is 25.0 Å². The molecule has 2 N–H and O–H groups in total. The molecule has 0 saturated carbocycles. The lowest BCUT2D eigenvalue weighted by Gasteiger charge is -2.08. The van der Waals surface area contributed by atoms with E-state index in [4.69, 9.17) is 11.6 Å². The van der Waals surface area contributed by atoms with Gasteiger partial charge in [0.1, 0.15) is 6.33 Å². The number of carbonyl (C=O) groups excluding carboxylic acids is 2. The van der Waals surface area contributed by atoms with E-state index in [1.807, 2.05) is 25.1 Å². The summed E-state index contributed by atoms with van der Waals surface area (Å²) in [5.41, 5.74) is 1.82. The molecule has 1 aromatic heterocycles. The first kappa shape index (κ1) is 18.3. The van der Waals surface area contributed by atoms with E-state index in [0.717, 1.165) is 11.3 Å². The van der Waals surface area contributed by atoms with Gasteiger partial charge in [-0.05, 0) is 24.6 Å². The second-order valence-corrected chi connectivity index (χ2v) is 6.39. The van der Waals surface area contributed by atoms with Gasteiger partial charge in [-0.3, -0.25) is 14.2 Å². The van der Waals surface area contributed by atoms with E-state index in [1.165, 1.54) is 18.7 Å². The molecular weight excluding hydrogens is 350 g/mol. The van der Waals surface area contributed by atoms with Crippen molar-refractivity contribution in [3.8, 4) is 5.69 Å². The van der Waals surface area contributed by atoms with Gasteiger partial charge in [0.05, 0.1) is 11.4 Å². The number of carbonyl (C=O) groups is 2. The summed E-state index contributed by atoms with van der Waals surface area (Å²) in [6, 6.07) is 5.67. The first-order chi connectivity index (χ1) is 11.5. The van der Waals surface area contributed by atoms with Gasteiger partial charge in [0.25, 0.3) is 0 Å². The summed E-state index contributed by atoms with van der Waals surface area (Å²) in [7, 11) is 0. The number of thioether (sulfide) groups is 1. The molecule has 0 saturated heterocycles. The van der Waals surface area contributed by atoms with Gasteiger partial charge in [0.15, 0.2) is 5.16 Å². The Morgan fingerprint density at radius 1 is 1.29 bits per heavy atom. The Balaban J connectivity index is 1.90. The summed E-state index contributed by atoms with van der Waals surface area (Å²) >= 11 is 7.43. The number of nitrogens with one attached hydrogen (secondary N) is 2. The molecule has 24 heavy (non-hydrogen) atoms. The van der Waals surface area contributed by atoms with Crippen LogP contribution >= 0.6 is 23.4 Å². The average molecular weight is 368 g/mol. The SMILES string of the molecule is CC(=O)NCCNC(=O)CSc1nncn1-c1ccc(C)c(Cl)c1. The monoisotopic (exact) mass is 367 g/mol. The van der Waals surface area contributed by atoms with Gasteiger partial charge < -0.3 is 10.6 Å². The van der Waals surface area contributed by atoms with Crippen molar-refractivity contribution in [1.29, 1.82) is 0 Å². The van der Waals surface area contributed by atoms with E-state index in [1.54, 1.807) is 10.9 Å². The molecule has 0 aliphatic carbocycles. The van der Waals surface area contributed by atoms with E-state index in [9.17, 15) is 9.59 Å². The van der Waals surface area contributed by atoms with Crippen LogP contribution in [0.2, 0.25) is 5.02 Å². The van der Waals surface area contributed by atoms with Crippen LogP contribution in [-0.2, 0) is 9.59 Å². The Bertz CT molecular complexity index is 734. The van der Waals surface area contributed by atoms with Gasteiger partial charge in [-0.25, -0.2) is 0 Å². The van der Waals surface area contributed by atoms with Gasteiger partial charge >= 0.3 is 0 Å². The van der Waals surface area contributed by atoms with Crippen molar-refractivity contribution >= 4 is 35.2 Å². The average Bonchev–Trinajstić information content (AvgIpc) is 3.00. The summed E-state index contributed by atoms with van der Waals surface area (Å²) < 4.78 is 1.78. The maximum Gasteiger partial charge on any atom is 0.230 e. The van der Waals surface area contributed by atoms with Crippen LogP contribution in [0.25, 0.3) is 5.69 Å². The first-order valence-electron chi connectivity index (χ1n) is 7.28. The minimum absolute atomic E-state index is 0.122. The highest BCUT2D eigenvalue weighted by Crippen LogP contribution is 2.23. The largest absolute Gasteiger partial charge is 0.355 e.